The standard InChI is InChI=1S/C30H29ClFNO3/c31-27-17-21(20-36-25-9-7-23(28(32)18-25)8-10-29(34)35)5-6-24(27)19-33-15-13-30(14-16-33)12-11-22-3-1-2-4-26(22)30/h1-7,9,11-12,17-18H,8,10,13-16,19-20H2,(H,34,35). The van der Waals surface area contributed by atoms with Crippen LogP contribution in [0, 0.1) is 5.82 Å². The molecule has 5 rings (SSSR count). The van der Waals surface area contributed by atoms with Crippen molar-refractivity contribution < 1.29 is 19.0 Å². The Labute approximate surface area is 216 Å². The molecule has 186 valence electrons. The number of fused-ring (bicyclic) bond motifs is 2. The fourth-order valence-electron chi connectivity index (χ4n) is 5.26. The highest BCUT2D eigenvalue weighted by Crippen LogP contribution is 2.43. The molecule has 36 heavy (non-hydrogen) atoms. The van der Waals surface area contributed by atoms with Gasteiger partial charge in [0.15, 0.2) is 0 Å². The second-order valence-electron chi connectivity index (χ2n) is 9.71. The molecule has 1 saturated heterocycles. The predicted molar refractivity (Wildman–Crippen MR) is 140 cm³/mol. The number of benzene rings is 3. The van der Waals surface area contributed by atoms with E-state index >= 15 is 0 Å². The number of allylic oxidation sites excluding steroid dienone is 1. The quantitative estimate of drug-likeness (QED) is 0.373. The minimum absolute atomic E-state index is 0.106. The van der Waals surface area contributed by atoms with Crippen molar-refractivity contribution in [3.05, 3.63) is 105 Å². The molecule has 0 aromatic heterocycles. The SMILES string of the molecule is O=C(O)CCc1ccc(OCc2ccc(CN3CCC4(C=Cc5ccccc54)CC3)c(Cl)c2)cc1F. The normalized spacial score (nSPS) is 16.3. The Hall–Kier alpha value is -3.15. The molecule has 3 aromatic carbocycles. The maximum atomic E-state index is 14.2. The third-order valence-electron chi connectivity index (χ3n) is 7.38. The summed E-state index contributed by atoms with van der Waals surface area (Å²) in [5, 5.41) is 9.48. The molecule has 1 aliphatic carbocycles. The van der Waals surface area contributed by atoms with Crippen LogP contribution in [0.5, 0.6) is 5.75 Å². The molecular weight excluding hydrogens is 477 g/mol. The fraction of sp³-hybridized carbons (Fsp3) is 0.300. The monoisotopic (exact) mass is 505 g/mol. The molecule has 1 aliphatic heterocycles. The average Bonchev–Trinajstić information content (AvgIpc) is 3.23. The van der Waals surface area contributed by atoms with E-state index in [0.717, 1.165) is 43.6 Å². The Morgan fingerprint density at radius 3 is 2.58 bits per heavy atom. The maximum Gasteiger partial charge on any atom is 0.303 e. The van der Waals surface area contributed by atoms with Gasteiger partial charge < -0.3 is 9.84 Å². The summed E-state index contributed by atoms with van der Waals surface area (Å²) in [7, 11) is 0. The summed E-state index contributed by atoms with van der Waals surface area (Å²) in [6.07, 6.45) is 6.92. The molecule has 1 N–H and O–H groups in total. The molecule has 4 nitrogen and oxygen atoms in total. The average molecular weight is 506 g/mol. The first-order chi connectivity index (χ1) is 17.4. The van der Waals surface area contributed by atoms with E-state index in [2.05, 4.69) is 41.3 Å². The van der Waals surface area contributed by atoms with Crippen LogP contribution in [-0.4, -0.2) is 29.1 Å². The number of ether oxygens (including phenoxy) is 1. The van der Waals surface area contributed by atoms with Crippen molar-refractivity contribution in [3.63, 3.8) is 0 Å². The van der Waals surface area contributed by atoms with Crippen LogP contribution in [0.1, 0.15) is 47.1 Å². The number of piperidine rings is 1. The number of carbonyl (C=O) groups is 1. The van der Waals surface area contributed by atoms with Gasteiger partial charge in [-0.1, -0.05) is 66.2 Å². The number of hydrogen-bond donors (Lipinski definition) is 1. The van der Waals surface area contributed by atoms with Gasteiger partial charge in [0.2, 0.25) is 0 Å². The lowest BCUT2D eigenvalue weighted by Gasteiger charge is -2.39. The minimum atomic E-state index is -0.948. The number of aliphatic carboxylic acids is 1. The van der Waals surface area contributed by atoms with Crippen LogP contribution in [0.3, 0.4) is 0 Å². The van der Waals surface area contributed by atoms with Crippen LogP contribution in [-0.2, 0) is 29.8 Å². The maximum absolute atomic E-state index is 14.2. The van der Waals surface area contributed by atoms with Gasteiger partial charge in [0.1, 0.15) is 18.2 Å². The summed E-state index contributed by atoms with van der Waals surface area (Å²) < 4.78 is 20.0. The van der Waals surface area contributed by atoms with Crippen LogP contribution in [0.15, 0.2) is 66.7 Å². The fourth-order valence-corrected chi connectivity index (χ4v) is 5.52. The molecule has 2 aliphatic rings. The Bertz CT molecular complexity index is 1300. The van der Waals surface area contributed by atoms with Crippen molar-refractivity contribution in [3.8, 4) is 5.75 Å². The van der Waals surface area contributed by atoms with Gasteiger partial charge in [-0.2, -0.15) is 0 Å². The van der Waals surface area contributed by atoms with Crippen molar-refractivity contribution in [1.82, 2.24) is 4.90 Å². The summed E-state index contributed by atoms with van der Waals surface area (Å²) in [4.78, 5) is 13.2. The third-order valence-corrected chi connectivity index (χ3v) is 7.73. The number of nitrogens with zero attached hydrogens (tertiary/aromatic N) is 1. The first-order valence-corrected chi connectivity index (χ1v) is 12.7. The Balaban J connectivity index is 1.15. The van der Waals surface area contributed by atoms with Gasteiger partial charge >= 0.3 is 5.97 Å². The number of carboxylic acid groups (broad SMARTS) is 1. The van der Waals surface area contributed by atoms with Gasteiger partial charge in [-0.3, -0.25) is 9.69 Å². The van der Waals surface area contributed by atoms with Gasteiger partial charge in [-0.15, -0.1) is 0 Å². The van der Waals surface area contributed by atoms with Crippen LogP contribution >= 0.6 is 11.6 Å². The van der Waals surface area contributed by atoms with Gasteiger partial charge in [0.25, 0.3) is 0 Å². The van der Waals surface area contributed by atoms with Gasteiger partial charge in [-0.25, -0.2) is 4.39 Å². The highest BCUT2D eigenvalue weighted by atomic mass is 35.5. The summed E-state index contributed by atoms with van der Waals surface area (Å²) in [6, 6.07) is 19.2. The predicted octanol–water partition coefficient (Wildman–Crippen LogP) is 6.64. The number of halogens is 2. The molecule has 0 radical (unpaired) electrons. The number of aryl methyl sites for hydroxylation is 1. The molecule has 1 heterocycles. The highest BCUT2D eigenvalue weighted by Gasteiger charge is 2.37. The molecule has 3 aromatic rings. The zero-order chi connectivity index (χ0) is 25.1. The lowest BCUT2D eigenvalue weighted by atomic mass is 9.74. The second-order valence-corrected chi connectivity index (χ2v) is 10.1. The van der Waals surface area contributed by atoms with E-state index in [0.29, 0.717) is 16.3 Å². The third kappa shape index (κ3) is 5.32. The van der Waals surface area contributed by atoms with Crippen LogP contribution in [0.2, 0.25) is 5.02 Å². The summed E-state index contributed by atoms with van der Waals surface area (Å²) >= 11 is 6.62. The van der Waals surface area contributed by atoms with Crippen LogP contribution in [0.25, 0.3) is 6.08 Å². The minimum Gasteiger partial charge on any atom is -0.489 e. The van der Waals surface area contributed by atoms with E-state index in [1.807, 2.05) is 18.2 Å². The lowest BCUT2D eigenvalue weighted by molar-refractivity contribution is -0.136. The van der Waals surface area contributed by atoms with E-state index in [9.17, 15) is 9.18 Å². The molecule has 0 amide bonds. The van der Waals surface area contributed by atoms with Crippen molar-refractivity contribution in [2.24, 2.45) is 0 Å². The molecule has 6 heteroatoms. The van der Waals surface area contributed by atoms with E-state index in [1.165, 1.54) is 17.2 Å². The zero-order valence-electron chi connectivity index (χ0n) is 20.1. The highest BCUT2D eigenvalue weighted by molar-refractivity contribution is 6.31. The van der Waals surface area contributed by atoms with E-state index in [4.69, 9.17) is 21.4 Å². The van der Waals surface area contributed by atoms with Crippen molar-refractivity contribution in [2.75, 3.05) is 13.1 Å². The van der Waals surface area contributed by atoms with Crippen LogP contribution in [0.4, 0.5) is 4.39 Å². The molecule has 1 spiro atoms. The van der Waals surface area contributed by atoms with Crippen molar-refractivity contribution >= 4 is 23.6 Å². The van der Waals surface area contributed by atoms with Crippen molar-refractivity contribution in [1.29, 1.82) is 0 Å². The topological polar surface area (TPSA) is 49.8 Å². The Kier molecular flexibility index (Phi) is 7.13. The molecule has 0 atom stereocenters. The van der Waals surface area contributed by atoms with Gasteiger partial charge in [-0.05, 0) is 72.3 Å². The number of rotatable bonds is 8. The van der Waals surface area contributed by atoms with Crippen molar-refractivity contribution in [2.45, 2.75) is 44.2 Å². The number of likely N-dealkylation sites (tertiary alicyclic amines) is 1. The summed E-state index contributed by atoms with van der Waals surface area (Å²) in [5.41, 5.74) is 5.35. The first-order valence-electron chi connectivity index (χ1n) is 12.3. The van der Waals surface area contributed by atoms with Crippen LogP contribution < -0.4 is 4.74 Å². The smallest absolute Gasteiger partial charge is 0.303 e. The molecule has 0 unspecified atom stereocenters. The Morgan fingerprint density at radius 1 is 1.06 bits per heavy atom. The zero-order valence-corrected chi connectivity index (χ0v) is 20.8. The number of carboxylic acids is 1. The van der Waals surface area contributed by atoms with E-state index in [-0.39, 0.29) is 24.9 Å². The summed E-state index contributed by atoms with van der Waals surface area (Å²) in [5.74, 6) is -1.01. The molecular formula is C30H29ClFNO3. The van der Waals surface area contributed by atoms with Gasteiger partial charge in [0.05, 0.1) is 0 Å². The summed E-state index contributed by atoms with van der Waals surface area (Å²) in [6.45, 7) is 3.12. The molecule has 0 saturated carbocycles. The van der Waals surface area contributed by atoms with Gasteiger partial charge in [0, 0.05) is 29.5 Å². The van der Waals surface area contributed by atoms with E-state index < -0.39 is 11.8 Å². The molecule has 0 bridgehead atoms. The van der Waals surface area contributed by atoms with E-state index in [1.54, 1.807) is 12.1 Å². The Morgan fingerprint density at radius 2 is 1.83 bits per heavy atom. The lowest BCUT2D eigenvalue weighted by Crippen LogP contribution is -2.40. The largest absolute Gasteiger partial charge is 0.489 e. The second kappa shape index (κ2) is 10.5. The number of hydrogen-bond acceptors (Lipinski definition) is 3. The first kappa shape index (κ1) is 24.5. The molecule has 1 fully saturated rings.